The molecule has 0 aliphatic rings. The van der Waals surface area contributed by atoms with Gasteiger partial charge in [-0.05, 0) is 19.1 Å². The van der Waals surface area contributed by atoms with Crippen LogP contribution in [0, 0.1) is 0 Å². The third kappa shape index (κ3) is 3.28. The number of hydrazine groups is 1. The van der Waals surface area contributed by atoms with E-state index in [0.717, 1.165) is 0 Å². The van der Waals surface area contributed by atoms with Gasteiger partial charge < -0.3 is 5.11 Å². The van der Waals surface area contributed by atoms with E-state index in [1.54, 1.807) is 31.2 Å². The number of phenolic OH excluding ortho intramolecular Hbond substituents is 1. The summed E-state index contributed by atoms with van der Waals surface area (Å²) in [5, 5.41) is 13.0. The van der Waals surface area contributed by atoms with Gasteiger partial charge in [0.2, 0.25) is 0 Å². The van der Waals surface area contributed by atoms with Crippen molar-refractivity contribution >= 4 is 11.7 Å². The molecule has 6 heteroatoms. The average molecular weight is 208 g/mol. The van der Waals surface area contributed by atoms with Gasteiger partial charge in [-0.1, -0.05) is 12.1 Å². The number of phenols is 1. The molecule has 0 saturated heterocycles. The first-order valence-electron chi connectivity index (χ1n) is 4.23. The van der Waals surface area contributed by atoms with Crippen molar-refractivity contribution in [3.63, 3.8) is 0 Å². The van der Waals surface area contributed by atoms with Crippen LogP contribution < -0.4 is 16.7 Å². The summed E-state index contributed by atoms with van der Waals surface area (Å²) in [6.45, 7) is 1.70. The Bertz CT molecular complexity index is 389. The number of carbonyl (C=O) groups excluding carboxylic acids is 1. The zero-order chi connectivity index (χ0) is 11.3. The Morgan fingerprint density at radius 3 is 2.87 bits per heavy atom. The third-order valence-electron chi connectivity index (χ3n) is 1.72. The van der Waals surface area contributed by atoms with Gasteiger partial charge in [-0.15, -0.1) is 0 Å². The highest BCUT2D eigenvalue weighted by Gasteiger charge is 1.99. The molecule has 0 atom stereocenters. The van der Waals surface area contributed by atoms with E-state index >= 15 is 0 Å². The molecule has 5 N–H and O–H groups in total. The van der Waals surface area contributed by atoms with Crippen LogP contribution in [0.2, 0.25) is 0 Å². The minimum Gasteiger partial charge on any atom is -0.508 e. The number of hydrazone groups is 1. The topological polar surface area (TPSA) is 99.7 Å². The zero-order valence-electron chi connectivity index (χ0n) is 8.19. The second-order valence-electron chi connectivity index (χ2n) is 2.83. The molecule has 2 amide bonds. The van der Waals surface area contributed by atoms with Crippen molar-refractivity contribution in [3.8, 4) is 5.75 Å². The van der Waals surface area contributed by atoms with Gasteiger partial charge in [0.05, 0.1) is 5.71 Å². The van der Waals surface area contributed by atoms with Crippen LogP contribution in [-0.2, 0) is 0 Å². The summed E-state index contributed by atoms with van der Waals surface area (Å²) in [5.74, 6) is 4.99. The van der Waals surface area contributed by atoms with Crippen molar-refractivity contribution in [2.24, 2.45) is 10.9 Å². The summed E-state index contributed by atoms with van der Waals surface area (Å²) in [4.78, 5) is 10.7. The van der Waals surface area contributed by atoms with Crippen LogP contribution in [0.15, 0.2) is 29.4 Å². The Morgan fingerprint density at radius 2 is 2.27 bits per heavy atom. The van der Waals surface area contributed by atoms with Crippen molar-refractivity contribution in [2.45, 2.75) is 6.92 Å². The van der Waals surface area contributed by atoms with E-state index in [1.807, 2.05) is 5.43 Å². The van der Waals surface area contributed by atoms with Gasteiger partial charge in [0, 0.05) is 5.56 Å². The fraction of sp³-hybridized carbons (Fsp3) is 0.111. The number of aromatic hydroxyl groups is 1. The number of hydrogen-bond acceptors (Lipinski definition) is 4. The van der Waals surface area contributed by atoms with E-state index in [-0.39, 0.29) is 5.75 Å². The number of nitrogens with one attached hydrogen (secondary N) is 2. The lowest BCUT2D eigenvalue weighted by atomic mass is 10.1. The molecule has 15 heavy (non-hydrogen) atoms. The van der Waals surface area contributed by atoms with Crippen LogP contribution in [0.5, 0.6) is 5.75 Å². The van der Waals surface area contributed by atoms with Gasteiger partial charge in [0.15, 0.2) is 0 Å². The van der Waals surface area contributed by atoms with E-state index in [0.29, 0.717) is 11.3 Å². The maximum Gasteiger partial charge on any atom is 0.349 e. The number of carbonyl (C=O) groups is 1. The normalized spacial score (nSPS) is 10.9. The Morgan fingerprint density at radius 1 is 1.53 bits per heavy atom. The van der Waals surface area contributed by atoms with Crippen LogP contribution >= 0.6 is 0 Å². The summed E-state index contributed by atoms with van der Waals surface area (Å²) in [5.41, 5.74) is 5.34. The summed E-state index contributed by atoms with van der Waals surface area (Å²) in [6.07, 6.45) is 0. The Labute approximate surface area is 86.8 Å². The summed E-state index contributed by atoms with van der Waals surface area (Å²) < 4.78 is 0. The molecule has 0 aliphatic carbocycles. The molecule has 0 unspecified atom stereocenters. The van der Waals surface area contributed by atoms with Crippen molar-refractivity contribution in [1.82, 2.24) is 10.9 Å². The van der Waals surface area contributed by atoms with Crippen molar-refractivity contribution in [2.75, 3.05) is 0 Å². The van der Waals surface area contributed by atoms with Crippen LogP contribution in [0.3, 0.4) is 0 Å². The molecular formula is C9H12N4O2. The molecular weight excluding hydrogens is 196 g/mol. The fourth-order valence-electron chi connectivity index (χ4n) is 0.962. The minimum absolute atomic E-state index is 0.144. The second-order valence-corrected chi connectivity index (χ2v) is 2.83. The van der Waals surface area contributed by atoms with Gasteiger partial charge in [0.1, 0.15) is 5.75 Å². The van der Waals surface area contributed by atoms with E-state index in [1.165, 1.54) is 0 Å². The van der Waals surface area contributed by atoms with Crippen LogP contribution in [0.1, 0.15) is 12.5 Å². The number of benzene rings is 1. The zero-order valence-corrected chi connectivity index (χ0v) is 8.19. The van der Waals surface area contributed by atoms with E-state index in [2.05, 4.69) is 10.5 Å². The highest BCUT2D eigenvalue weighted by molar-refractivity contribution is 5.99. The fourth-order valence-corrected chi connectivity index (χ4v) is 0.962. The van der Waals surface area contributed by atoms with E-state index in [4.69, 9.17) is 5.84 Å². The minimum atomic E-state index is -0.602. The molecule has 0 aliphatic heterocycles. The van der Waals surface area contributed by atoms with Crippen LogP contribution in [0.25, 0.3) is 0 Å². The molecule has 1 aromatic rings. The molecule has 0 bridgehead atoms. The Balaban J connectivity index is 2.75. The first kappa shape index (κ1) is 11.0. The first-order chi connectivity index (χ1) is 7.13. The van der Waals surface area contributed by atoms with Crippen molar-refractivity contribution < 1.29 is 9.90 Å². The molecule has 1 aromatic carbocycles. The number of urea groups is 1. The largest absolute Gasteiger partial charge is 0.508 e. The van der Waals surface area contributed by atoms with Crippen LogP contribution in [-0.4, -0.2) is 16.8 Å². The number of nitrogens with two attached hydrogens (primary N) is 1. The van der Waals surface area contributed by atoms with Gasteiger partial charge in [-0.3, -0.25) is 5.43 Å². The maximum absolute atomic E-state index is 10.7. The van der Waals surface area contributed by atoms with Gasteiger partial charge in [-0.2, -0.15) is 5.10 Å². The van der Waals surface area contributed by atoms with Gasteiger partial charge in [-0.25, -0.2) is 16.1 Å². The molecule has 0 aromatic heterocycles. The predicted molar refractivity (Wildman–Crippen MR) is 56.2 cm³/mol. The summed E-state index contributed by atoms with van der Waals surface area (Å²) in [7, 11) is 0. The summed E-state index contributed by atoms with van der Waals surface area (Å²) >= 11 is 0. The number of nitrogens with zero attached hydrogens (tertiary/aromatic N) is 1. The lowest BCUT2D eigenvalue weighted by molar-refractivity contribution is 0.241. The molecule has 80 valence electrons. The SMILES string of the molecule is C/C(=N/NC(=O)NN)c1cccc(O)c1. The molecule has 0 heterocycles. The second kappa shape index (κ2) is 4.97. The standard InChI is InChI=1S/C9H12N4O2/c1-6(12-13-9(15)11-10)7-3-2-4-8(14)5-7/h2-5,14H,10H2,1H3,(H2,11,13,15)/b12-6-. The quantitative estimate of drug-likeness (QED) is 0.243. The lowest BCUT2D eigenvalue weighted by Gasteiger charge is -2.02. The van der Waals surface area contributed by atoms with E-state index in [9.17, 15) is 9.90 Å². The maximum atomic E-state index is 10.7. The molecule has 6 nitrogen and oxygen atoms in total. The first-order valence-corrected chi connectivity index (χ1v) is 4.23. The molecule has 1 rings (SSSR count). The number of hydrogen-bond donors (Lipinski definition) is 4. The highest BCUT2D eigenvalue weighted by atomic mass is 16.3. The van der Waals surface area contributed by atoms with Gasteiger partial charge in [0.25, 0.3) is 0 Å². The number of rotatable bonds is 2. The smallest absolute Gasteiger partial charge is 0.349 e. The molecule has 0 saturated carbocycles. The van der Waals surface area contributed by atoms with Gasteiger partial charge >= 0.3 is 6.03 Å². The molecule has 0 spiro atoms. The third-order valence-corrected chi connectivity index (χ3v) is 1.72. The Hall–Kier alpha value is -2.08. The average Bonchev–Trinajstić information content (AvgIpc) is 2.25. The Kier molecular flexibility index (Phi) is 3.64. The molecule has 0 radical (unpaired) electrons. The predicted octanol–water partition coefficient (Wildman–Crippen LogP) is 0.289. The number of amides is 2. The lowest BCUT2D eigenvalue weighted by Crippen LogP contribution is -2.37. The molecule has 0 fully saturated rings. The summed E-state index contributed by atoms with van der Waals surface area (Å²) in [6, 6.07) is 5.94. The van der Waals surface area contributed by atoms with Crippen molar-refractivity contribution in [3.05, 3.63) is 29.8 Å². The van der Waals surface area contributed by atoms with E-state index < -0.39 is 6.03 Å². The van der Waals surface area contributed by atoms with Crippen molar-refractivity contribution in [1.29, 1.82) is 0 Å². The van der Waals surface area contributed by atoms with Crippen LogP contribution in [0.4, 0.5) is 4.79 Å². The highest BCUT2D eigenvalue weighted by Crippen LogP contribution is 2.11. The monoisotopic (exact) mass is 208 g/mol.